The average molecular weight is 338 g/mol. The van der Waals surface area contributed by atoms with Crippen LogP contribution < -0.4 is 11.1 Å². The number of nitrogens with two attached hydrogens (primary N) is 1. The molecule has 3 nitrogen and oxygen atoms in total. The van der Waals surface area contributed by atoms with E-state index >= 15 is 0 Å². The zero-order valence-electron chi connectivity index (χ0n) is 11.9. The Hall–Kier alpha value is -1.99. The second-order valence-electron chi connectivity index (χ2n) is 5.19. The molecule has 0 bridgehead atoms. The predicted octanol–water partition coefficient (Wildman–Crippen LogP) is 3.74. The smallest absolute Gasteiger partial charge is 0.324 e. The van der Waals surface area contributed by atoms with Gasteiger partial charge in [-0.1, -0.05) is 18.2 Å². The van der Waals surface area contributed by atoms with E-state index in [-0.39, 0.29) is 5.91 Å². The van der Waals surface area contributed by atoms with Crippen molar-refractivity contribution >= 4 is 23.4 Å². The molecule has 0 radical (unpaired) electrons. The Morgan fingerprint density at radius 1 is 1.09 bits per heavy atom. The molecule has 0 unspecified atom stereocenters. The van der Waals surface area contributed by atoms with Crippen LogP contribution in [0, 0.1) is 0 Å². The van der Waals surface area contributed by atoms with E-state index in [4.69, 9.17) is 5.73 Å². The molecule has 3 rings (SSSR count). The Bertz CT molecular complexity index is 744. The Balaban J connectivity index is 1.92. The van der Waals surface area contributed by atoms with E-state index in [1.54, 1.807) is 12.1 Å². The van der Waals surface area contributed by atoms with Crippen molar-refractivity contribution in [2.45, 2.75) is 17.1 Å². The van der Waals surface area contributed by atoms with Gasteiger partial charge in [-0.25, -0.2) is 0 Å². The Morgan fingerprint density at radius 2 is 1.74 bits per heavy atom. The maximum absolute atomic E-state index is 12.6. The van der Waals surface area contributed by atoms with Crippen molar-refractivity contribution in [2.75, 3.05) is 11.1 Å². The van der Waals surface area contributed by atoms with E-state index in [1.807, 2.05) is 6.07 Å². The fourth-order valence-electron chi connectivity index (χ4n) is 2.26. The lowest BCUT2D eigenvalue weighted by atomic mass is 10.0. The number of benzene rings is 2. The minimum absolute atomic E-state index is 0.237. The van der Waals surface area contributed by atoms with E-state index < -0.39 is 17.8 Å². The third kappa shape index (κ3) is 3.35. The van der Waals surface area contributed by atoms with Crippen molar-refractivity contribution in [3.63, 3.8) is 0 Å². The van der Waals surface area contributed by atoms with Crippen LogP contribution in [-0.4, -0.2) is 17.7 Å². The van der Waals surface area contributed by atoms with Crippen molar-refractivity contribution in [2.24, 2.45) is 5.73 Å². The first-order chi connectivity index (χ1) is 10.8. The lowest BCUT2D eigenvalue weighted by molar-refractivity contribution is -0.137. The van der Waals surface area contributed by atoms with Gasteiger partial charge in [-0.2, -0.15) is 13.2 Å². The van der Waals surface area contributed by atoms with Crippen LogP contribution in [0.2, 0.25) is 0 Å². The molecular weight excluding hydrogens is 325 g/mol. The van der Waals surface area contributed by atoms with Crippen molar-refractivity contribution in [3.05, 3.63) is 48.0 Å². The number of carbonyl (C=O) groups is 1. The lowest BCUT2D eigenvalue weighted by Crippen LogP contribution is -2.36. The molecule has 7 heteroatoms. The fourth-order valence-corrected chi connectivity index (χ4v) is 3.25. The molecule has 120 valence electrons. The van der Waals surface area contributed by atoms with Gasteiger partial charge in [0.05, 0.1) is 17.3 Å². The zero-order valence-corrected chi connectivity index (χ0v) is 12.7. The van der Waals surface area contributed by atoms with Crippen LogP contribution in [0.15, 0.2) is 47.4 Å². The molecule has 23 heavy (non-hydrogen) atoms. The summed E-state index contributed by atoms with van der Waals surface area (Å²) < 4.78 is 37.8. The third-order valence-corrected chi connectivity index (χ3v) is 4.71. The molecule has 0 fully saturated rings. The summed E-state index contributed by atoms with van der Waals surface area (Å²) in [6, 6.07) is 9.78. The first kappa shape index (κ1) is 15.9. The zero-order chi connectivity index (χ0) is 16.6. The van der Waals surface area contributed by atoms with E-state index in [1.165, 1.54) is 23.9 Å². The van der Waals surface area contributed by atoms with Gasteiger partial charge in [0.25, 0.3) is 0 Å². The summed E-state index contributed by atoms with van der Waals surface area (Å²) in [6.45, 7) is 0. The van der Waals surface area contributed by atoms with Gasteiger partial charge in [0.2, 0.25) is 5.91 Å². The van der Waals surface area contributed by atoms with E-state index in [0.717, 1.165) is 22.6 Å². The van der Waals surface area contributed by atoms with Crippen molar-refractivity contribution in [1.29, 1.82) is 0 Å². The number of amides is 1. The third-order valence-electron chi connectivity index (χ3n) is 3.54. The van der Waals surface area contributed by atoms with Crippen molar-refractivity contribution in [1.82, 2.24) is 0 Å². The van der Waals surface area contributed by atoms with Gasteiger partial charge in [0.1, 0.15) is 0 Å². The SMILES string of the molecule is N[C@H]1CSc2cc(-c3ccc(C(F)(F)F)cc3)ccc2NC1=O. The van der Waals surface area contributed by atoms with Gasteiger partial charge in [0, 0.05) is 10.6 Å². The molecular formula is C16H13F3N2OS. The summed E-state index contributed by atoms with van der Waals surface area (Å²) in [7, 11) is 0. The van der Waals surface area contributed by atoms with Crippen LogP contribution in [0.1, 0.15) is 5.56 Å². The quantitative estimate of drug-likeness (QED) is 0.833. The number of rotatable bonds is 1. The lowest BCUT2D eigenvalue weighted by Gasteiger charge is -2.10. The van der Waals surface area contributed by atoms with Crippen LogP contribution in [0.25, 0.3) is 11.1 Å². The molecule has 0 spiro atoms. The molecule has 0 aromatic heterocycles. The maximum Gasteiger partial charge on any atom is 0.416 e. The molecule has 1 atom stereocenters. The molecule has 2 aromatic carbocycles. The monoisotopic (exact) mass is 338 g/mol. The molecule has 1 heterocycles. The minimum Gasteiger partial charge on any atom is -0.324 e. The van der Waals surface area contributed by atoms with Gasteiger partial charge in [-0.15, -0.1) is 11.8 Å². The molecule has 2 aromatic rings. The number of hydrogen-bond acceptors (Lipinski definition) is 3. The number of anilines is 1. The summed E-state index contributed by atoms with van der Waals surface area (Å²) in [4.78, 5) is 12.6. The van der Waals surface area contributed by atoms with Gasteiger partial charge >= 0.3 is 6.18 Å². The molecule has 3 N–H and O–H groups in total. The van der Waals surface area contributed by atoms with E-state index in [9.17, 15) is 18.0 Å². The van der Waals surface area contributed by atoms with Crippen LogP contribution >= 0.6 is 11.8 Å². The number of fused-ring (bicyclic) bond motifs is 1. The van der Waals surface area contributed by atoms with Gasteiger partial charge in [-0.05, 0) is 35.4 Å². The molecule has 0 saturated heterocycles. The Kier molecular flexibility index (Phi) is 4.08. The molecule has 1 aliphatic heterocycles. The molecule has 0 aliphatic carbocycles. The average Bonchev–Trinajstić information content (AvgIpc) is 2.66. The Labute approximate surface area is 135 Å². The standard InChI is InChI=1S/C16H13F3N2OS/c17-16(18,19)11-4-1-9(2-5-11)10-3-6-13-14(7-10)23-8-12(20)15(22)21-13/h1-7,12H,8,20H2,(H,21,22)/t12-/m0/s1. The molecule has 0 saturated carbocycles. The normalized spacial score (nSPS) is 18.1. The van der Waals surface area contributed by atoms with Gasteiger partial charge in [0.15, 0.2) is 0 Å². The largest absolute Gasteiger partial charge is 0.416 e. The van der Waals surface area contributed by atoms with Crippen LogP contribution in [0.4, 0.5) is 18.9 Å². The first-order valence-corrected chi connectivity index (χ1v) is 7.84. The number of thioether (sulfide) groups is 1. The van der Waals surface area contributed by atoms with Gasteiger partial charge < -0.3 is 11.1 Å². The highest BCUT2D eigenvalue weighted by atomic mass is 32.2. The summed E-state index contributed by atoms with van der Waals surface area (Å²) >= 11 is 1.45. The Morgan fingerprint density at radius 3 is 2.39 bits per heavy atom. The predicted molar refractivity (Wildman–Crippen MR) is 84.2 cm³/mol. The summed E-state index contributed by atoms with van der Waals surface area (Å²) in [5, 5.41) is 2.75. The highest BCUT2D eigenvalue weighted by Gasteiger charge is 2.30. The fraction of sp³-hybridized carbons (Fsp3) is 0.188. The number of carbonyl (C=O) groups excluding carboxylic acids is 1. The van der Waals surface area contributed by atoms with Crippen LogP contribution in [0.5, 0.6) is 0 Å². The van der Waals surface area contributed by atoms with E-state index in [2.05, 4.69) is 5.32 Å². The number of hydrogen-bond donors (Lipinski definition) is 2. The summed E-state index contributed by atoms with van der Waals surface area (Å²) in [5.41, 5.74) is 7.19. The number of alkyl halides is 3. The molecule has 1 aliphatic rings. The second kappa shape index (κ2) is 5.90. The minimum atomic E-state index is -4.34. The number of nitrogens with one attached hydrogen (secondary N) is 1. The highest BCUT2D eigenvalue weighted by molar-refractivity contribution is 7.99. The summed E-state index contributed by atoms with van der Waals surface area (Å²) in [6.07, 6.45) is -4.34. The first-order valence-electron chi connectivity index (χ1n) is 6.85. The second-order valence-corrected chi connectivity index (χ2v) is 6.25. The number of halogens is 3. The molecule has 1 amide bonds. The van der Waals surface area contributed by atoms with E-state index in [0.29, 0.717) is 17.0 Å². The van der Waals surface area contributed by atoms with Crippen LogP contribution in [0.3, 0.4) is 0 Å². The maximum atomic E-state index is 12.6. The highest BCUT2D eigenvalue weighted by Crippen LogP contribution is 2.35. The van der Waals surface area contributed by atoms with Gasteiger partial charge in [-0.3, -0.25) is 4.79 Å². The van der Waals surface area contributed by atoms with Crippen LogP contribution in [-0.2, 0) is 11.0 Å². The van der Waals surface area contributed by atoms with Crippen molar-refractivity contribution in [3.8, 4) is 11.1 Å². The summed E-state index contributed by atoms with van der Waals surface area (Å²) in [5.74, 6) is 0.216. The topological polar surface area (TPSA) is 55.1 Å². The van der Waals surface area contributed by atoms with Crippen molar-refractivity contribution < 1.29 is 18.0 Å².